The Morgan fingerprint density at radius 3 is 2.70 bits per heavy atom. The molecule has 2 aromatic rings. The molecule has 11 nitrogen and oxygen atoms in total. The molecule has 0 bridgehead atoms. The van der Waals surface area contributed by atoms with Gasteiger partial charge in [0.2, 0.25) is 11.8 Å². The number of fused-ring (bicyclic) bond motifs is 1. The van der Waals surface area contributed by atoms with Gasteiger partial charge in [0.15, 0.2) is 0 Å². The summed E-state index contributed by atoms with van der Waals surface area (Å²) < 4.78 is 10.2. The first-order valence-corrected chi connectivity index (χ1v) is 6.10. The van der Waals surface area contributed by atoms with E-state index in [2.05, 4.69) is 4.98 Å². The molecule has 0 fully saturated rings. The molecule has 0 radical (unpaired) electrons. The van der Waals surface area contributed by atoms with Crippen LogP contribution < -0.4 is 21.7 Å². The Hall–Kier alpha value is -3.81. The van der Waals surface area contributed by atoms with Gasteiger partial charge in [-0.25, -0.2) is 4.79 Å². The minimum absolute atomic E-state index is 0.0571. The fourth-order valence-electron chi connectivity index (χ4n) is 2.27. The molecule has 11 heteroatoms. The molecule has 116 valence electrons. The summed E-state index contributed by atoms with van der Waals surface area (Å²) in [6, 6.07) is 4.10. The third kappa shape index (κ3) is 2.14. The Morgan fingerprint density at radius 1 is 1.35 bits per heavy atom. The molecule has 1 aliphatic heterocycles. The minimum atomic E-state index is -1.14. The number of nitrogens with two attached hydrogens (primary N) is 1. The molecule has 3 rings (SSSR count). The number of hydrogen-bond donors (Lipinski definition) is 3. The Balaban J connectivity index is 2.29. The van der Waals surface area contributed by atoms with Crippen molar-refractivity contribution in [3.63, 3.8) is 0 Å². The van der Waals surface area contributed by atoms with Crippen molar-refractivity contribution in [1.29, 1.82) is 5.26 Å². The van der Waals surface area contributed by atoms with Crippen LogP contribution in [-0.4, -0.2) is 14.9 Å². The van der Waals surface area contributed by atoms with E-state index in [9.17, 15) is 25.0 Å². The summed E-state index contributed by atoms with van der Waals surface area (Å²) in [5, 5.41) is 20.0. The van der Waals surface area contributed by atoms with Crippen LogP contribution in [0.15, 0.2) is 37.6 Å². The van der Waals surface area contributed by atoms with Gasteiger partial charge in [0.1, 0.15) is 22.3 Å². The maximum atomic E-state index is 12.1. The van der Waals surface area contributed by atoms with E-state index in [1.165, 1.54) is 6.07 Å². The zero-order valence-corrected chi connectivity index (χ0v) is 11.2. The second kappa shape index (κ2) is 4.88. The first-order valence-electron chi connectivity index (χ1n) is 6.10. The molecule has 4 N–H and O–H groups in total. The average molecular weight is 317 g/mol. The van der Waals surface area contributed by atoms with E-state index < -0.39 is 28.0 Å². The van der Waals surface area contributed by atoms with Gasteiger partial charge in [-0.2, -0.15) is 5.26 Å². The fourth-order valence-corrected chi connectivity index (χ4v) is 2.27. The molecule has 0 amide bonds. The molecule has 23 heavy (non-hydrogen) atoms. The number of allylic oxidation sites excluding steroid dienone is 1. The highest BCUT2D eigenvalue weighted by atomic mass is 16.6. The zero-order chi connectivity index (χ0) is 16.7. The van der Waals surface area contributed by atoms with Crippen molar-refractivity contribution in [1.82, 2.24) is 9.97 Å². The number of ether oxygens (including phenoxy) is 1. The highest BCUT2D eigenvalue weighted by Gasteiger charge is 2.36. The van der Waals surface area contributed by atoms with E-state index in [1.807, 2.05) is 4.98 Å². The number of furan rings is 1. The number of hydrogen-bond acceptors (Lipinski definition) is 8. The van der Waals surface area contributed by atoms with Crippen LogP contribution in [0.4, 0.5) is 5.88 Å². The summed E-state index contributed by atoms with van der Waals surface area (Å²) in [5.74, 6) is -2.36. The minimum Gasteiger partial charge on any atom is -0.424 e. The number of aromatic amines is 2. The van der Waals surface area contributed by atoms with Crippen LogP contribution in [-0.2, 0) is 0 Å². The van der Waals surface area contributed by atoms with Gasteiger partial charge in [0.25, 0.3) is 5.56 Å². The number of nitriles is 1. The maximum Gasteiger partial charge on any atom is 0.433 e. The standard InChI is InChI=1S/C12H7N5O6/c13-3-4-7(5-1-2-6(22-5)17(20)21)8-10(18)15-12(19)16-11(8)23-9(4)14/h1-2,7H,14H2,(H2,15,16,18,19)/t7-/m1/s1. The molecule has 0 saturated carbocycles. The second-order valence-electron chi connectivity index (χ2n) is 4.51. The lowest BCUT2D eigenvalue weighted by Gasteiger charge is -2.22. The van der Waals surface area contributed by atoms with Gasteiger partial charge in [0.05, 0.1) is 17.5 Å². The van der Waals surface area contributed by atoms with Gasteiger partial charge in [-0.1, -0.05) is 0 Å². The number of aromatic nitrogens is 2. The predicted octanol–water partition coefficient (Wildman–Crippen LogP) is -0.217. The summed E-state index contributed by atoms with van der Waals surface area (Å²) in [6.45, 7) is 0. The number of rotatable bonds is 2. The molecule has 3 heterocycles. The van der Waals surface area contributed by atoms with Gasteiger partial charge in [-0.15, -0.1) is 0 Å². The Labute approximate surface area is 125 Å². The summed E-state index contributed by atoms with van der Waals surface area (Å²) in [6.07, 6.45) is 0. The Morgan fingerprint density at radius 2 is 2.09 bits per heavy atom. The van der Waals surface area contributed by atoms with Gasteiger partial charge in [-0.3, -0.25) is 24.9 Å². The molecule has 2 aromatic heterocycles. The third-order valence-electron chi connectivity index (χ3n) is 3.20. The summed E-state index contributed by atoms with van der Waals surface area (Å²) in [5.41, 5.74) is 3.66. The molecule has 0 aromatic carbocycles. The van der Waals surface area contributed by atoms with E-state index in [4.69, 9.17) is 14.9 Å². The van der Waals surface area contributed by atoms with Crippen molar-refractivity contribution in [2.45, 2.75) is 5.92 Å². The topological polar surface area (TPSA) is 181 Å². The monoisotopic (exact) mass is 317 g/mol. The highest BCUT2D eigenvalue weighted by molar-refractivity contribution is 5.50. The molecule has 1 aliphatic rings. The lowest BCUT2D eigenvalue weighted by molar-refractivity contribution is -0.402. The predicted molar refractivity (Wildman–Crippen MR) is 72.3 cm³/mol. The first-order chi connectivity index (χ1) is 10.9. The lowest BCUT2D eigenvalue weighted by Crippen LogP contribution is -2.33. The van der Waals surface area contributed by atoms with Crippen LogP contribution in [0.2, 0.25) is 0 Å². The van der Waals surface area contributed by atoms with Crippen LogP contribution in [0.25, 0.3) is 0 Å². The number of nitrogens with zero attached hydrogens (tertiary/aromatic N) is 2. The van der Waals surface area contributed by atoms with Crippen LogP contribution in [0, 0.1) is 21.4 Å². The quantitative estimate of drug-likeness (QED) is 0.501. The van der Waals surface area contributed by atoms with Crippen molar-refractivity contribution < 1.29 is 14.1 Å². The fraction of sp³-hybridized carbons (Fsp3) is 0.0833. The molecule has 1 atom stereocenters. The van der Waals surface area contributed by atoms with Crippen molar-refractivity contribution in [2.75, 3.05) is 0 Å². The van der Waals surface area contributed by atoms with Gasteiger partial charge in [-0.05, 0) is 6.07 Å². The molecule has 0 unspecified atom stereocenters. The van der Waals surface area contributed by atoms with E-state index >= 15 is 0 Å². The molecular formula is C12H7N5O6. The van der Waals surface area contributed by atoms with Gasteiger partial charge >= 0.3 is 11.6 Å². The summed E-state index contributed by atoms with van der Waals surface area (Å²) >= 11 is 0. The van der Waals surface area contributed by atoms with E-state index in [0.29, 0.717) is 0 Å². The second-order valence-corrected chi connectivity index (χ2v) is 4.51. The summed E-state index contributed by atoms with van der Waals surface area (Å²) in [7, 11) is 0. The number of nitrogens with one attached hydrogen (secondary N) is 2. The van der Waals surface area contributed by atoms with E-state index in [1.54, 1.807) is 6.07 Å². The number of nitro groups is 1. The van der Waals surface area contributed by atoms with Crippen molar-refractivity contribution in [3.05, 3.63) is 65.9 Å². The largest absolute Gasteiger partial charge is 0.433 e. The van der Waals surface area contributed by atoms with Gasteiger partial charge < -0.3 is 14.9 Å². The molecular weight excluding hydrogens is 310 g/mol. The molecule has 0 spiro atoms. The van der Waals surface area contributed by atoms with Crippen LogP contribution >= 0.6 is 0 Å². The number of H-pyrrole nitrogens is 2. The average Bonchev–Trinajstić information content (AvgIpc) is 2.95. The van der Waals surface area contributed by atoms with E-state index in [0.717, 1.165) is 6.07 Å². The first kappa shape index (κ1) is 14.1. The van der Waals surface area contributed by atoms with Crippen molar-refractivity contribution in [3.8, 4) is 11.9 Å². The SMILES string of the molecule is N#CC1=C(N)Oc2[nH]c(=O)[nH]c(=O)c2[C@H]1c1ccc([N+](=O)[O-])o1. The van der Waals surface area contributed by atoms with Gasteiger partial charge in [0, 0.05) is 0 Å². The van der Waals surface area contributed by atoms with Crippen molar-refractivity contribution in [2.24, 2.45) is 5.73 Å². The smallest absolute Gasteiger partial charge is 0.424 e. The summed E-state index contributed by atoms with van der Waals surface area (Å²) in [4.78, 5) is 37.6. The third-order valence-corrected chi connectivity index (χ3v) is 3.20. The zero-order valence-electron chi connectivity index (χ0n) is 11.2. The van der Waals surface area contributed by atoms with Crippen LogP contribution in [0.1, 0.15) is 17.2 Å². The lowest BCUT2D eigenvalue weighted by atomic mass is 9.89. The Kier molecular flexibility index (Phi) is 3.00. The van der Waals surface area contributed by atoms with Crippen molar-refractivity contribution >= 4 is 5.88 Å². The van der Waals surface area contributed by atoms with Crippen LogP contribution in [0.3, 0.4) is 0 Å². The van der Waals surface area contributed by atoms with E-state index in [-0.39, 0.29) is 28.7 Å². The molecule has 0 aliphatic carbocycles. The normalized spacial score (nSPS) is 16.4. The maximum absolute atomic E-state index is 12.1. The Bertz CT molecular complexity index is 1000. The highest BCUT2D eigenvalue weighted by Crippen LogP contribution is 2.39. The van der Waals surface area contributed by atoms with Crippen LogP contribution in [0.5, 0.6) is 5.88 Å². The molecule has 0 saturated heterocycles.